The van der Waals surface area contributed by atoms with Gasteiger partial charge in [-0.25, -0.2) is 4.98 Å². The molecule has 0 aliphatic heterocycles. The van der Waals surface area contributed by atoms with Crippen molar-refractivity contribution in [2.45, 2.75) is 12.5 Å². The van der Waals surface area contributed by atoms with E-state index in [4.69, 9.17) is 5.73 Å². The molecule has 1 amide bonds. The quantitative estimate of drug-likeness (QED) is 0.794. The molecule has 19 heavy (non-hydrogen) atoms. The zero-order valence-electron chi connectivity index (χ0n) is 9.84. The molecule has 0 saturated carbocycles. The molecule has 0 saturated heterocycles. The number of nitrogens with one attached hydrogen (secondary N) is 1. The molecule has 1 aromatic heterocycles. The lowest BCUT2D eigenvalue weighted by Gasteiger charge is -2.10. The molecular formula is C12H12BrN3O2S. The van der Waals surface area contributed by atoms with Gasteiger partial charge >= 0.3 is 0 Å². The minimum absolute atomic E-state index is 0.189. The number of hydrogen-bond acceptors (Lipinski definition) is 5. The molecule has 7 heteroatoms. The van der Waals surface area contributed by atoms with Crippen molar-refractivity contribution < 1.29 is 9.90 Å². The summed E-state index contributed by atoms with van der Waals surface area (Å²) in [5, 5.41) is 12.3. The van der Waals surface area contributed by atoms with Crippen molar-refractivity contribution in [3.63, 3.8) is 0 Å². The summed E-state index contributed by atoms with van der Waals surface area (Å²) in [6.45, 7) is 0. The second kappa shape index (κ2) is 6.14. The van der Waals surface area contributed by atoms with E-state index in [-0.39, 0.29) is 11.7 Å². The fourth-order valence-electron chi connectivity index (χ4n) is 1.49. The van der Waals surface area contributed by atoms with Crippen LogP contribution < -0.4 is 11.1 Å². The first kappa shape index (κ1) is 14.0. The minimum Gasteiger partial charge on any atom is -0.508 e. The third kappa shape index (κ3) is 4.02. The molecule has 100 valence electrons. The number of thiazole rings is 1. The Hall–Kier alpha value is -1.44. The van der Waals surface area contributed by atoms with Crippen LogP contribution in [0.5, 0.6) is 5.75 Å². The van der Waals surface area contributed by atoms with E-state index in [9.17, 15) is 9.90 Å². The van der Waals surface area contributed by atoms with E-state index in [0.717, 1.165) is 9.35 Å². The third-order valence-electron chi connectivity index (χ3n) is 2.44. The lowest BCUT2D eigenvalue weighted by atomic mass is 10.1. The van der Waals surface area contributed by atoms with Crippen molar-refractivity contribution in [3.05, 3.63) is 39.8 Å². The third-order valence-corrected chi connectivity index (χ3v) is 3.83. The largest absolute Gasteiger partial charge is 0.508 e. The highest BCUT2D eigenvalue weighted by Crippen LogP contribution is 2.23. The number of nitrogens with zero attached hydrogens (tertiary/aromatic N) is 1. The smallest absolute Gasteiger partial charge is 0.243 e. The van der Waals surface area contributed by atoms with E-state index < -0.39 is 6.04 Å². The zero-order valence-corrected chi connectivity index (χ0v) is 12.2. The topological polar surface area (TPSA) is 88.2 Å². The number of nitrogens with two attached hydrogens (primary N) is 1. The van der Waals surface area contributed by atoms with Crippen LogP contribution in [0.3, 0.4) is 0 Å². The summed E-state index contributed by atoms with van der Waals surface area (Å²) in [4.78, 5) is 15.9. The predicted molar refractivity (Wildman–Crippen MR) is 78.2 cm³/mol. The Balaban J connectivity index is 1.94. The molecule has 0 aliphatic rings. The molecule has 0 spiro atoms. The van der Waals surface area contributed by atoms with Crippen LogP contribution in [-0.4, -0.2) is 22.0 Å². The number of amides is 1. The summed E-state index contributed by atoms with van der Waals surface area (Å²) in [6.07, 6.45) is 2.02. The zero-order chi connectivity index (χ0) is 13.8. The number of carbonyl (C=O) groups excluding carboxylic acids is 1. The first-order valence-electron chi connectivity index (χ1n) is 5.50. The van der Waals surface area contributed by atoms with Crippen LogP contribution in [-0.2, 0) is 11.2 Å². The molecule has 2 rings (SSSR count). The van der Waals surface area contributed by atoms with Gasteiger partial charge in [0, 0.05) is 0 Å². The highest BCUT2D eigenvalue weighted by molar-refractivity contribution is 9.11. The Labute approximate surface area is 122 Å². The molecular weight excluding hydrogens is 330 g/mol. The second-order valence-electron chi connectivity index (χ2n) is 3.94. The molecule has 1 aromatic carbocycles. The number of anilines is 1. The number of phenols is 1. The number of benzene rings is 1. The Morgan fingerprint density at radius 2 is 2.16 bits per heavy atom. The molecule has 5 nitrogen and oxygen atoms in total. The van der Waals surface area contributed by atoms with Crippen LogP contribution in [0.2, 0.25) is 0 Å². The summed E-state index contributed by atoms with van der Waals surface area (Å²) >= 11 is 4.60. The van der Waals surface area contributed by atoms with E-state index in [0.29, 0.717) is 11.6 Å². The molecule has 1 heterocycles. The molecule has 0 bridgehead atoms. The van der Waals surface area contributed by atoms with Crippen molar-refractivity contribution in [2.75, 3.05) is 5.32 Å². The van der Waals surface area contributed by atoms with Gasteiger partial charge in [-0.3, -0.25) is 4.79 Å². The summed E-state index contributed by atoms with van der Waals surface area (Å²) in [7, 11) is 0. The summed E-state index contributed by atoms with van der Waals surface area (Å²) in [6, 6.07) is 5.95. The molecule has 0 fully saturated rings. The molecule has 0 radical (unpaired) electrons. The van der Waals surface area contributed by atoms with Crippen LogP contribution in [0.25, 0.3) is 0 Å². The van der Waals surface area contributed by atoms with Crippen LogP contribution in [0.4, 0.5) is 5.13 Å². The van der Waals surface area contributed by atoms with Gasteiger partial charge in [0.15, 0.2) is 5.13 Å². The van der Waals surface area contributed by atoms with Gasteiger partial charge in [0.2, 0.25) is 5.91 Å². The maximum Gasteiger partial charge on any atom is 0.243 e. The second-order valence-corrected chi connectivity index (χ2v) is 6.35. The van der Waals surface area contributed by atoms with Gasteiger partial charge in [0.1, 0.15) is 5.75 Å². The molecule has 1 unspecified atom stereocenters. The number of phenolic OH excluding ortho intramolecular Hbond substituents is 1. The Morgan fingerprint density at radius 1 is 1.47 bits per heavy atom. The first-order valence-corrected chi connectivity index (χ1v) is 7.11. The number of aromatic nitrogens is 1. The Kier molecular flexibility index (Phi) is 4.52. The van der Waals surface area contributed by atoms with Crippen LogP contribution in [0.15, 0.2) is 34.2 Å². The maximum atomic E-state index is 11.9. The summed E-state index contributed by atoms with van der Waals surface area (Å²) in [5.74, 6) is -0.0932. The van der Waals surface area contributed by atoms with E-state index in [1.165, 1.54) is 11.3 Å². The van der Waals surface area contributed by atoms with Crippen molar-refractivity contribution in [2.24, 2.45) is 5.73 Å². The van der Waals surface area contributed by atoms with Gasteiger partial charge < -0.3 is 16.2 Å². The van der Waals surface area contributed by atoms with Crippen LogP contribution in [0, 0.1) is 0 Å². The fourth-order valence-corrected chi connectivity index (χ4v) is 2.60. The van der Waals surface area contributed by atoms with Crippen molar-refractivity contribution in [3.8, 4) is 5.75 Å². The monoisotopic (exact) mass is 341 g/mol. The van der Waals surface area contributed by atoms with Gasteiger partial charge in [0.05, 0.1) is 16.0 Å². The van der Waals surface area contributed by atoms with Crippen LogP contribution >= 0.6 is 27.3 Å². The standard InChI is InChI=1S/C12H12BrN3O2S/c13-10-6-15-12(19-10)16-11(18)9(14)5-7-1-3-8(17)4-2-7/h1-4,6,9,17H,5,14H2,(H,15,16,18). The average Bonchev–Trinajstić information content (AvgIpc) is 2.77. The molecule has 4 N–H and O–H groups in total. The SMILES string of the molecule is NC(Cc1ccc(O)cc1)C(=O)Nc1ncc(Br)s1. The average molecular weight is 342 g/mol. The van der Waals surface area contributed by atoms with Gasteiger partial charge in [-0.1, -0.05) is 23.5 Å². The first-order chi connectivity index (χ1) is 9.04. The Bertz CT molecular complexity index is 571. The van der Waals surface area contributed by atoms with Gasteiger partial charge in [0.25, 0.3) is 0 Å². The maximum absolute atomic E-state index is 11.9. The van der Waals surface area contributed by atoms with E-state index in [2.05, 4.69) is 26.2 Å². The Morgan fingerprint density at radius 3 is 2.74 bits per heavy atom. The molecule has 0 aliphatic carbocycles. The highest BCUT2D eigenvalue weighted by Gasteiger charge is 2.15. The summed E-state index contributed by atoms with van der Waals surface area (Å²) < 4.78 is 0.843. The van der Waals surface area contributed by atoms with Crippen molar-refractivity contribution in [1.29, 1.82) is 0 Å². The number of rotatable bonds is 4. The number of halogens is 1. The van der Waals surface area contributed by atoms with Gasteiger partial charge in [-0.15, -0.1) is 0 Å². The van der Waals surface area contributed by atoms with Gasteiger partial charge in [-0.05, 0) is 40.0 Å². The predicted octanol–water partition coefficient (Wildman–Crippen LogP) is 2.12. The molecule has 1 atom stereocenters. The lowest BCUT2D eigenvalue weighted by molar-refractivity contribution is -0.117. The van der Waals surface area contributed by atoms with E-state index in [1.54, 1.807) is 30.5 Å². The minimum atomic E-state index is -0.660. The van der Waals surface area contributed by atoms with Crippen molar-refractivity contribution >= 4 is 38.3 Å². The highest BCUT2D eigenvalue weighted by atomic mass is 79.9. The summed E-state index contributed by atoms with van der Waals surface area (Å²) in [5.41, 5.74) is 6.72. The molecule has 2 aromatic rings. The lowest BCUT2D eigenvalue weighted by Crippen LogP contribution is -2.37. The van der Waals surface area contributed by atoms with Crippen molar-refractivity contribution in [1.82, 2.24) is 4.98 Å². The van der Waals surface area contributed by atoms with E-state index >= 15 is 0 Å². The van der Waals surface area contributed by atoms with Gasteiger partial charge in [-0.2, -0.15) is 0 Å². The fraction of sp³-hybridized carbons (Fsp3) is 0.167. The van der Waals surface area contributed by atoms with E-state index in [1.807, 2.05) is 0 Å². The number of hydrogen-bond donors (Lipinski definition) is 3. The number of aromatic hydroxyl groups is 1. The number of carbonyl (C=O) groups is 1. The normalized spacial score (nSPS) is 12.1. The van der Waals surface area contributed by atoms with Crippen LogP contribution in [0.1, 0.15) is 5.56 Å².